The van der Waals surface area contributed by atoms with Gasteiger partial charge in [-0.15, -0.1) is 0 Å². The van der Waals surface area contributed by atoms with Crippen LogP contribution in [0.1, 0.15) is 127 Å². The van der Waals surface area contributed by atoms with E-state index in [2.05, 4.69) is 60.9 Å². The first-order valence-electron chi connectivity index (χ1n) is 26.9. The van der Waals surface area contributed by atoms with Crippen LogP contribution >= 0.6 is 0 Å². The molecule has 13 nitrogen and oxygen atoms in total. The van der Waals surface area contributed by atoms with Crippen LogP contribution in [0, 0.1) is 63.6 Å². The molecule has 1 aromatic heterocycles. The fraction of sp³-hybridized carbons (Fsp3) is 0.732. The summed E-state index contributed by atoms with van der Waals surface area (Å²) >= 11 is 0. The molecular weight excluding hydrogens is 877 g/mol. The molecule has 4 saturated carbocycles. The number of hydrogen-bond donors (Lipinski definition) is 5. The summed E-state index contributed by atoms with van der Waals surface area (Å²) in [5, 5.41) is 42.7. The lowest BCUT2D eigenvalue weighted by atomic mass is 9.32. The van der Waals surface area contributed by atoms with Crippen LogP contribution in [0.3, 0.4) is 0 Å². The van der Waals surface area contributed by atoms with Crippen molar-refractivity contribution in [1.82, 2.24) is 10.6 Å². The summed E-state index contributed by atoms with van der Waals surface area (Å²) in [5.74, 6) is -1.44. The smallest absolute Gasteiger partial charge is 0.339 e. The molecule has 69 heavy (non-hydrogen) atoms. The standard InChI is InChI=1S/C56H74N2O11/c1-52-22-20-43-54-30-66-45(61)27-44(54)68-53(2,36-13-7-4-8-14-36)47(54)46(62)48(63)55(43,37-15-9-12-33(25-37)24-32-10-5-3-6-11-32)56(52)50(69-56)51(64)67-49(52)38-21-23-65-42(38)26-39(41(60)29-59)34-16-18-35(19-17-34)40-28-57-31-58-40/h3,5-6,10-11,16,18,21,23,33-37,39-41,43-44,47-50,57-60,63H,4,7-9,12-15,17,19-20,22,24-31H2,1-2H3. The second-order valence-electron chi connectivity index (χ2n) is 23.9. The number of carbonyl (C=O) groups excluding carboxylic acids is 3. The van der Waals surface area contributed by atoms with Gasteiger partial charge in [0.2, 0.25) is 0 Å². The Balaban J connectivity index is 0.965. The summed E-state index contributed by atoms with van der Waals surface area (Å²) in [6, 6.07) is 12.8. The summed E-state index contributed by atoms with van der Waals surface area (Å²) < 4.78 is 33.8. The van der Waals surface area contributed by atoms with Gasteiger partial charge in [-0.25, -0.2) is 4.79 Å². The molecule has 5 N–H and O–H groups in total. The number of rotatable bonds is 11. The molecule has 10 aliphatic rings. The van der Waals surface area contributed by atoms with E-state index in [4.69, 9.17) is 23.4 Å². The molecule has 18 atom stereocenters. The highest BCUT2D eigenvalue weighted by molar-refractivity contribution is 5.92. The maximum absolute atomic E-state index is 16.2. The zero-order valence-electron chi connectivity index (χ0n) is 40.5. The fourth-order valence-corrected chi connectivity index (χ4v) is 18.1. The lowest BCUT2D eigenvalue weighted by Crippen LogP contribution is -2.79. The predicted octanol–water partition coefficient (Wildman–Crippen LogP) is 6.31. The Morgan fingerprint density at radius 1 is 0.884 bits per heavy atom. The van der Waals surface area contributed by atoms with E-state index in [0.29, 0.717) is 42.5 Å². The number of carbonyl (C=O) groups is 3. The summed E-state index contributed by atoms with van der Waals surface area (Å²) in [6.45, 7) is 5.58. The summed E-state index contributed by atoms with van der Waals surface area (Å²) in [4.78, 5) is 44.6. The molecule has 374 valence electrons. The van der Waals surface area contributed by atoms with Gasteiger partial charge in [-0.1, -0.05) is 81.5 Å². The van der Waals surface area contributed by atoms with Crippen LogP contribution in [0.4, 0.5) is 0 Å². The highest BCUT2D eigenvalue weighted by Gasteiger charge is 2.93. The van der Waals surface area contributed by atoms with E-state index in [1.54, 1.807) is 6.26 Å². The molecule has 5 aliphatic carbocycles. The Morgan fingerprint density at radius 3 is 2.45 bits per heavy atom. The lowest BCUT2D eigenvalue weighted by Gasteiger charge is -2.70. The van der Waals surface area contributed by atoms with Crippen molar-refractivity contribution < 1.29 is 53.1 Å². The van der Waals surface area contributed by atoms with Crippen molar-refractivity contribution in [2.75, 3.05) is 26.4 Å². The van der Waals surface area contributed by atoms with E-state index in [9.17, 15) is 24.9 Å². The number of nitrogens with one attached hydrogen (secondary N) is 2. The molecular formula is C56H74N2O11. The quantitative estimate of drug-likeness (QED) is 0.0959. The number of esters is 2. The van der Waals surface area contributed by atoms with Crippen LogP contribution in [-0.2, 0) is 46.2 Å². The molecule has 13 heteroatoms. The summed E-state index contributed by atoms with van der Waals surface area (Å²) in [7, 11) is 0. The summed E-state index contributed by atoms with van der Waals surface area (Å²) in [6.07, 6.45) is 13.8. The number of aliphatic hydroxyl groups excluding tert-OH is 3. The van der Waals surface area contributed by atoms with E-state index in [1.165, 1.54) is 5.56 Å². The highest BCUT2D eigenvalue weighted by Crippen LogP contribution is 2.83. The van der Waals surface area contributed by atoms with Crippen LogP contribution in [0.5, 0.6) is 0 Å². The number of fused-ring (bicyclic) bond motifs is 1. The average Bonchev–Trinajstić information content (AvgIpc) is 3.62. The number of ether oxygens (including phenoxy) is 4. The van der Waals surface area contributed by atoms with Gasteiger partial charge in [0.25, 0.3) is 0 Å². The Kier molecular flexibility index (Phi) is 11.7. The van der Waals surface area contributed by atoms with E-state index < -0.39 is 76.5 Å². The predicted molar refractivity (Wildman–Crippen MR) is 252 cm³/mol. The number of Topliss-reactive ketones (excluding diaryl/α,β-unsaturated/α-hetero) is 1. The molecule has 0 amide bonds. The SMILES string of the molecule is CC1(C2CCCCC2)OC2CC(=O)OCC23C1C(=O)C(O)C1(C2CCCC(Cc4ccccc4)C2)C3CCC2(C)C(c3ccoc3CC(C(O)CO)C3C=CC(C4CNCN4)CC3)OC(=O)C3OC321. The molecule has 18 unspecified atom stereocenters. The Hall–Kier alpha value is -3.43. The van der Waals surface area contributed by atoms with Gasteiger partial charge in [0.15, 0.2) is 11.9 Å². The van der Waals surface area contributed by atoms with Gasteiger partial charge < -0.3 is 44.0 Å². The van der Waals surface area contributed by atoms with Crippen molar-refractivity contribution in [3.8, 4) is 0 Å². The van der Waals surface area contributed by atoms with Gasteiger partial charge in [0.05, 0.1) is 43.0 Å². The molecule has 9 fully saturated rings. The van der Waals surface area contributed by atoms with Crippen LogP contribution in [0.25, 0.3) is 0 Å². The van der Waals surface area contributed by atoms with E-state index in [1.807, 2.05) is 12.1 Å². The van der Waals surface area contributed by atoms with Crippen molar-refractivity contribution in [2.45, 2.75) is 164 Å². The normalized spacial score (nSPS) is 45.8. The molecule has 5 saturated heterocycles. The van der Waals surface area contributed by atoms with Gasteiger partial charge in [-0.05, 0) is 112 Å². The number of hydrogen-bond acceptors (Lipinski definition) is 13. The Morgan fingerprint density at radius 2 is 1.70 bits per heavy atom. The molecule has 2 aromatic rings. The molecule has 0 radical (unpaired) electrons. The number of ketones is 1. The Labute approximate surface area is 406 Å². The average molecular weight is 951 g/mol. The number of epoxide rings is 1. The Bertz CT molecular complexity index is 2310. The van der Waals surface area contributed by atoms with Crippen LogP contribution in [0.2, 0.25) is 0 Å². The van der Waals surface area contributed by atoms with Crippen molar-refractivity contribution in [2.24, 2.45) is 63.6 Å². The largest absolute Gasteiger partial charge is 0.469 e. The maximum Gasteiger partial charge on any atom is 0.339 e. The van der Waals surface area contributed by atoms with Crippen molar-refractivity contribution in [1.29, 1.82) is 0 Å². The second-order valence-corrected chi connectivity index (χ2v) is 23.9. The van der Waals surface area contributed by atoms with Gasteiger partial charge in [-0.2, -0.15) is 0 Å². The van der Waals surface area contributed by atoms with Crippen LogP contribution in [-0.4, -0.2) is 101 Å². The van der Waals surface area contributed by atoms with Gasteiger partial charge in [0.1, 0.15) is 30.2 Å². The maximum atomic E-state index is 16.2. The first kappa shape index (κ1) is 46.6. The minimum Gasteiger partial charge on any atom is -0.469 e. The number of benzene rings is 1. The van der Waals surface area contributed by atoms with Crippen LogP contribution < -0.4 is 10.6 Å². The molecule has 5 aliphatic heterocycles. The van der Waals surface area contributed by atoms with Gasteiger partial charge >= 0.3 is 11.9 Å². The van der Waals surface area contributed by atoms with Crippen molar-refractivity contribution in [3.05, 3.63) is 71.7 Å². The lowest BCUT2D eigenvalue weighted by molar-refractivity contribution is -0.277. The van der Waals surface area contributed by atoms with E-state index in [-0.39, 0.29) is 60.3 Å². The van der Waals surface area contributed by atoms with Crippen molar-refractivity contribution >= 4 is 17.7 Å². The minimum absolute atomic E-state index is 0.0161. The third-order valence-electron chi connectivity index (χ3n) is 21.0. The van der Waals surface area contributed by atoms with E-state index in [0.717, 1.165) is 90.3 Å². The van der Waals surface area contributed by atoms with Crippen LogP contribution in [0.15, 0.2) is 59.2 Å². The second kappa shape index (κ2) is 17.4. The monoisotopic (exact) mass is 951 g/mol. The van der Waals surface area contributed by atoms with E-state index >= 15 is 4.79 Å². The first-order valence-corrected chi connectivity index (χ1v) is 26.9. The van der Waals surface area contributed by atoms with Gasteiger partial charge in [-0.3, -0.25) is 14.9 Å². The fourth-order valence-electron chi connectivity index (χ4n) is 18.1. The zero-order valence-corrected chi connectivity index (χ0v) is 40.5. The minimum atomic E-state index is -1.47. The number of cyclic esters (lactones) is 2. The number of furan rings is 1. The number of aliphatic hydroxyl groups is 3. The third kappa shape index (κ3) is 6.75. The summed E-state index contributed by atoms with van der Waals surface area (Å²) in [5.41, 5.74) is -3.38. The highest BCUT2D eigenvalue weighted by atomic mass is 16.7. The molecule has 2 spiro atoms. The first-order chi connectivity index (χ1) is 33.4. The molecule has 12 rings (SSSR count). The topological polar surface area (TPSA) is 189 Å². The third-order valence-corrected chi connectivity index (χ3v) is 21.0. The molecule has 6 heterocycles. The zero-order chi connectivity index (χ0) is 47.5. The molecule has 0 bridgehead atoms. The van der Waals surface area contributed by atoms with Crippen molar-refractivity contribution in [3.63, 3.8) is 0 Å². The number of allylic oxidation sites excluding steroid dienone is 1. The van der Waals surface area contributed by atoms with Gasteiger partial charge in [0, 0.05) is 53.4 Å². The molecule has 1 aromatic carbocycles.